The van der Waals surface area contributed by atoms with Crippen LogP contribution in [-0.4, -0.2) is 5.11 Å². The number of phenols is 1. The van der Waals surface area contributed by atoms with Crippen molar-refractivity contribution in [3.05, 3.63) is 56.0 Å². The third-order valence-corrected chi connectivity index (χ3v) is 4.96. The van der Waals surface area contributed by atoms with Gasteiger partial charge in [0, 0.05) is 8.95 Å². The van der Waals surface area contributed by atoms with Gasteiger partial charge in [0.2, 0.25) is 0 Å². The Labute approximate surface area is 135 Å². The Bertz CT molecular complexity index is 647. The third-order valence-electron chi connectivity index (χ3n) is 3.71. The topological polar surface area (TPSA) is 32.3 Å². The van der Waals surface area contributed by atoms with Gasteiger partial charge >= 0.3 is 0 Å². The van der Waals surface area contributed by atoms with Crippen LogP contribution in [-0.2, 0) is 6.42 Å². The number of phenolic OH excluding ortho intramolecular Hbond substituents is 1. The summed E-state index contributed by atoms with van der Waals surface area (Å²) in [5.41, 5.74) is 4.82. The smallest absolute Gasteiger partial charge is 0.115 e. The Morgan fingerprint density at radius 1 is 1.15 bits per heavy atom. The van der Waals surface area contributed by atoms with Crippen LogP contribution in [0, 0.1) is 6.92 Å². The first kappa shape index (κ1) is 14.0. The minimum atomic E-state index is 0.293. The fourth-order valence-electron chi connectivity index (χ4n) is 2.77. The van der Waals surface area contributed by atoms with E-state index in [0.29, 0.717) is 11.8 Å². The molecule has 0 saturated carbocycles. The van der Waals surface area contributed by atoms with Gasteiger partial charge in [0.1, 0.15) is 5.75 Å². The lowest BCUT2D eigenvalue weighted by molar-refractivity contribution is 0.474. The number of aromatic hydroxyl groups is 1. The Hall–Kier alpha value is -1.00. The third kappa shape index (κ3) is 2.59. The molecule has 104 valence electrons. The van der Waals surface area contributed by atoms with Gasteiger partial charge in [-0.2, -0.15) is 0 Å². The second-order valence-corrected chi connectivity index (χ2v) is 6.93. The van der Waals surface area contributed by atoms with E-state index in [1.807, 2.05) is 12.1 Å². The van der Waals surface area contributed by atoms with Crippen LogP contribution in [0.15, 0.2) is 39.3 Å². The minimum absolute atomic E-state index is 0.293. The van der Waals surface area contributed by atoms with Crippen molar-refractivity contribution in [3.8, 4) is 5.75 Å². The highest BCUT2D eigenvalue weighted by molar-refractivity contribution is 9.11. The molecule has 3 rings (SSSR count). The standard InChI is InChI=1S/C16H15Br2NO/c1-9-6-13(17)16(14(18)7-9)19-15-5-2-10-8-11(20)3-4-12(10)15/h3-4,6-8,15,19-20H,2,5H2,1H3. The van der Waals surface area contributed by atoms with E-state index in [0.717, 1.165) is 27.5 Å². The predicted molar refractivity (Wildman–Crippen MR) is 89.4 cm³/mol. The number of hydrogen-bond acceptors (Lipinski definition) is 2. The lowest BCUT2D eigenvalue weighted by atomic mass is 10.1. The molecule has 1 unspecified atom stereocenters. The summed E-state index contributed by atoms with van der Waals surface area (Å²) in [7, 11) is 0. The summed E-state index contributed by atoms with van der Waals surface area (Å²) in [6.07, 6.45) is 2.05. The van der Waals surface area contributed by atoms with Gasteiger partial charge in [0.25, 0.3) is 0 Å². The number of rotatable bonds is 2. The van der Waals surface area contributed by atoms with Gasteiger partial charge in [-0.05, 0) is 92.6 Å². The SMILES string of the molecule is Cc1cc(Br)c(NC2CCc3cc(O)ccc32)c(Br)c1. The first-order valence-corrected chi connectivity index (χ1v) is 8.17. The highest BCUT2D eigenvalue weighted by atomic mass is 79.9. The van der Waals surface area contributed by atoms with Crippen molar-refractivity contribution in [3.63, 3.8) is 0 Å². The number of nitrogens with one attached hydrogen (secondary N) is 1. The van der Waals surface area contributed by atoms with Crippen molar-refractivity contribution in [1.82, 2.24) is 0 Å². The van der Waals surface area contributed by atoms with E-state index in [2.05, 4.69) is 56.2 Å². The summed E-state index contributed by atoms with van der Waals surface area (Å²) < 4.78 is 2.13. The molecule has 2 N–H and O–H groups in total. The predicted octanol–water partition coefficient (Wildman–Crippen LogP) is 5.33. The maximum Gasteiger partial charge on any atom is 0.115 e. The van der Waals surface area contributed by atoms with Gasteiger partial charge in [-0.25, -0.2) is 0 Å². The number of benzene rings is 2. The van der Waals surface area contributed by atoms with Gasteiger partial charge in [0.15, 0.2) is 0 Å². The molecule has 2 aromatic rings. The second kappa shape index (κ2) is 5.41. The number of fused-ring (bicyclic) bond motifs is 1. The molecule has 1 aliphatic carbocycles. The molecular formula is C16H15Br2NO. The Kier molecular flexibility index (Phi) is 3.78. The fourth-order valence-corrected chi connectivity index (χ4v) is 4.41. The summed E-state index contributed by atoms with van der Waals surface area (Å²) in [6, 6.07) is 10.2. The van der Waals surface area contributed by atoms with Crippen LogP contribution >= 0.6 is 31.9 Å². The molecule has 2 aromatic carbocycles. The summed E-state index contributed by atoms with van der Waals surface area (Å²) >= 11 is 7.25. The molecule has 2 nitrogen and oxygen atoms in total. The first-order valence-electron chi connectivity index (χ1n) is 6.58. The normalized spacial score (nSPS) is 17.1. The van der Waals surface area contributed by atoms with Crippen molar-refractivity contribution in [2.75, 3.05) is 5.32 Å². The molecule has 1 atom stereocenters. The maximum absolute atomic E-state index is 9.56. The summed E-state index contributed by atoms with van der Waals surface area (Å²) in [6.45, 7) is 2.08. The van der Waals surface area contributed by atoms with Crippen molar-refractivity contribution in [1.29, 1.82) is 0 Å². The van der Waals surface area contributed by atoms with Gasteiger partial charge in [0.05, 0.1) is 11.7 Å². The second-order valence-electron chi connectivity index (χ2n) is 5.22. The van der Waals surface area contributed by atoms with Gasteiger partial charge in [-0.1, -0.05) is 6.07 Å². The highest BCUT2D eigenvalue weighted by Gasteiger charge is 2.23. The Morgan fingerprint density at radius 3 is 2.55 bits per heavy atom. The van der Waals surface area contributed by atoms with Crippen LogP contribution in [0.25, 0.3) is 0 Å². The van der Waals surface area contributed by atoms with Crippen molar-refractivity contribution in [2.24, 2.45) is 0 Å². The lowest BCUT2D eigenvalue weighted by Crippen LogP contribution is -2.08. The Balaban J connectivity index is 1.91. The first-order chi connectivity index (χ1) is 9.54. The monoisotopic (exact) mass is 395 g/mol. The van der Waals surface area contributed by atoms with Crippen LogP contribution in [0.5, 0.6) is 5.75 Å². The van der Waals surface area contributed by atoms with Crippen LogP contribution < -0.4 is 5.32 Å². The minimum Gasteiger partial charge on any atom is -0.508 e. The Morgan fingerprint density at radius 2 is 1.85 bits per heavy atom. The molecule has 20 heavy (non-hydrogen) atoms. The molecular weight excluding hydrogens is 382 g/mol. The van der Waals surface area contributed by atoms with Gasteiger partial charge in [-0.15, -0.1) is 0 Å². The van der Waals surface area contributed by atoms with Gasteiger partial charge in [-0.3, -0.25) is 0 Å². The average molecular weight is 397 g/mol. The van der Waals surface area contributed by atoms with Gasteiger partial charge < -0.3 is 10.4 Å². The van der Waals surface area contributed by atoms with E-state index in [4.69, 9.17) is 0 Å². The molecule has 0 fully saturated rings. The highest BCUT2D eigenvalue weighted by Crippen LogP contribution is 2.40. The fraction of sp³-hybridized carbons (Fsp3) is 0.250. The molecule has 0 amide bonds. The number of aryl methyl sites for hydroxylation is 2. The molecule has 0 aromatic heterocycles. The molecule has 0 saturated heterocycles. The summed E-state index contributed by atoms with van der Waals surface area (Å²) in [4.78, 5) is 0. The number of halogens is 2. The number of anilines is 1. The summed E-state index contributed by atoms with van der Waals surface area (Å²) in [5.74, 6) is 0.349. The van der Waals surface area contributed by atoms with E-state index in [1.54, 1.807) is 6.07 Å². The van der Waals surface area contributed by atoms with Crippen molar-refractivity contribution >= 4 is 37.5 Å². The number of hydrogen-bond donors (Lipinski definition) is 2. The largest absolute Gasteiger partial charge is 0.508 e. The van der Waals surface area contributed by atoms with E-state index >= 15 is 0 Å². The van der Waals surface area contributed by atoms with Crippen molar-refractivity contribution < 1.29 is 5.11 Å². The molecule has 1 aliphatic rings. The zero-order chi connectivity index (χ0) is 14.3. The lowest BCUT2D eigenvalue weighted by Gasteiger charge is -2.18. The molecule has 0 radical (unpaired) electrons. The quantitative estimate of drug-likeness (QED) is 0.719. The van der Waals surface area contributed by atoms with E-state index in [-0.39, 0.29) is 0 Å². The maximum atomic E-state index is 9.56. The molecule has 0 spiro atoms. The van der Waals surface area contributed by atoms with Crippen LogP contribution in [0.3, 0.4) is 0 Å². The van der Waals surface area contributed by atoms with Crippen LogP contribution in [0.2, 0.25) is 0 Å². The van der Waals surface area contributed by atoms with E-state index in [1.165, 1.54) is 16.7 Å². The zero-order valence-electron chi connectivity index (χ0n) is 11.1. The van der Waals surface area contributed by atoms with Crippen molar-refractivity contribution in [2.45, 2.75) is 25.8 Å². The van der Waals surface area contributed by atoms with E-state index < -0.39 is 0 Å². The zero-order valence-corrected chi connectivity index (χ0v) is 14.3. The van der Waals surface area contributed by atoms with Crippen LogP contribution in [0.1, 0.15) is 29.2 Å². The summed E-state index contributed by atoms with van der Waals surface area (Å²) in [5, 5.41) is 13.2. The van der Waals surface area contributed by atoms with E-state index in [9.17, 15) is 5.11 Å². The molecule has 0 bridgehead atoms. The molecule has 4 heteroatoms. The van der Waals surface area contributed by atoms with Crippen LogP contribution in [0.4, 0.5) is 5.69 Å². The average Bonchev–Trinajstić information content (AvgIpc) is 2.76. The molecule has 0 heterocycles. The molecule has 0 aliphatic heterocycles.